The fraction of sp³-hybridized carbons (Fsp3) is 0.897. The molecule has 19 N–H and O–H groups in total. The summed E-state index contributed by atoms with van der Waals surface area (Å²) in [6.45, 7) is -1.98. The molecule has 32 heteroatoms. The van der Waals surface area contributed by atoms with E-state index in [0.29, 0.717) is 0 Å². The summed E-state index contributed by atoms with van der Waals surface area (Å²) in [5, 5.41) is 177. The summed E-state index contributed by atoms with van der Waals surface area (Å²) < 4.78 is 51.4. The predicted molar refractivity (Wildman–Crippen MR) is 219 cm³/mol. The molecule has 5 heterocycles. The summed E-state index contributed by atoms with van der Waals surface area (Å²) in [6.07, 6.45) is -43.8. The summed E-state index contributed by atoms with van der Waals surface area (Å²) >= 11 is 0. The third kappa shape index (κ3) is 13.1. The molecule has 5 saturated heterocycles. The van der Waals surface area contributed by atoms with Crippen molar-refractivity contribution in [2.75, 3.05) is 33.0 Å². The zero-order valence-electron chi connectivity index (χ0n) is 38.1. The minimum Gasteiger partial charge on any atom is -0.477 e. The smallest absolute Gasteiger partial charge is 0.364 e. The molecule has 71 heavy (non-hydrogen) atoms. The number of carbonyl (C=O) groups is 4. The van der Waals surface area contributed by atoms with E-state index in [1.54, 1.807) is 0 Å². The van der Waals surface area contributed by atoms with Crippen LogP contribution in [0.1, 0.15) is 27.2 Å². The van der Waals surface area contributed by atoms with Gasteiger partial charge in [0.05, 0.1) is 44.7 Å². The highest BCUT2D eigenvalue weighted by atomic mass is 16.8. The maximum absolute atomic E-state index is 12.8. The number of nitrogens with one attached hydrogen (secondary N) is 3. The third-order valence-electron chi connectivity index (χ3n) is 12.6. The van der Waals surface area contributed by atoms with Gasteiger partial charge in [0, 0.05) is 20.3 Å². The Morgan fingerprint density at radius 1 is 0.620 bits per heavy atom. The Hall–Kier alpha value is -3.08. The van der Waals surface area contributed by atoms with E-state index in [1.165, 1.54) is 6.92 Å². The molecular formula is C39H65N3O29. The lowest BCUT2D eigenvalue weighted by molar-refractivity contribution is -0.389. The van der Waals surface area contributed by atoms with Crippen molar-refractivity contribution in [2.24, 2.45) is 0 Å². The van der Waals surface area contributed by atoms with Crippen LogP contribution in [0.3, 0.4) is 0 Å². The number of aliphatic hydroxyl groups is 15. The van der Waals surface area contributed by atoms with Crippen molar-refractivity contribution in [1.29, 1.82) is 0 Å². The average molecular weight is 1040 g/mol. The van der Waals surface area contributed by atoms with Crippen LogP contribution in [-0.4, -0.2) is 297 Å². The fourth-order valence-electron chi connectivity index (χ4n) is 8.74. The van der Waals surface area contributed by atoms with Gasteiger partial charge in [-0.3, -0.25) is 14.4 Å². The largest absolute Gasteiger partial charge is 0.477 e. The molecule has 0 aromatic carbocycles. The van der Waals surface area contributed by atoms with E-state index in [-0.39, 0.29) is 0 Å². The van der Waals surface area contributed by atoms with Crippen LogP contribution < -0.4 is 16.0 Å². The second-order valence-electron chi connectivity index (χ2n) is 17.6. The summed E-state index contributed by atoms with van der Waals surface area (Å²) in [7, 11) is 0. The predicted octanol–water partition coefficient (Wildman–Crippen LogP) is -12.3. The van der Waals surface area contributed by atoms with E-state index in [2.05, 4.69) is 16.0 Å². The van der Waals surface area contributed by atoms with Crippen LogP contribution in [0.15, 0.2) is 0 Å². The first-order chi connectivity index (χ1) is 33.3. The van der Waals surface area contributed by atoms with Crippen molar-refractivity contribution in [3.8, 4) is 0 Å². The summed E-state index contributed by atoms with van der Waals surface area (Å²) in [5.41, 5.74) is 0. The number of hydrogen-bond donors (Lipinski definition) is 19. The molecular weight excluding hydrogens is 974 g/mol. The quantitative estimate of drug-likeness (QED) is 0.0571. The van der Waals surface area contributed by atoms with E-state index >= 15 is 0 Å². The van der Waals surface area contributed by atoms with E-state index < -0.39 is 222 Å². The van der Waals surface area contributed by atoms with Crippen molar-refractivity contribution >= 4 is 23.7 Å². The first-order valence-electron chi connectivity index (χ1n) is 22.2. The van der Waals surface area contributed by atoms with Crippen molar-refractivity contribution in [2.45, 2.75) is 186 Å². The number of carboxylic acids is 1. The molecule has 32 nitrogen and oxygen atoms in total. The maximum Gasteiger partial charge on any atom is 0.364 e. The second kappa shape index (κ2) is 25.0. The molecule has 410 valence electrons. The molecule has 1 unspecified atom stereocenters. The van der Waals surface area contributed by atoms with Crippen LogP contribution in [0.25, 0.3) is 0 Å². The van der Waals surface area contributed by atoms with Gasteiger partial charge in [-0.1, -0.05) is 0 Å². The van der Waals surface area contributed by atoms with Gasteiger partial charge in [0.1, 0.15) is 116 Å². The molecule has 5 fully saturated rings. The van der Waals surface area contributed by atoms with E-state index in [9.17, 15) is 101 Å². The average Bonchev–Trinajstić information content (AvgIpc) is 3.32. The molecule has 0 aromatic heterocycles. The first kappa shape index (κ1) is 58.8. The summed E-state index contributed by atoms with van der Waals surface area (Å²) in [5.74, 6) is -7.78. The Kier molecular flexibility index (Phi) is 20.7. The lowest BCUT2D eigenvalue weighted by atomic mass is 9.88. The van der Waals surface area contributed by atoms with Crippen LogP contribution in [-0.2, 0) is 61.8 Å². The molecule has 0 radical (unpaired) electrons. The summed E-state index contributed by atoms with van der Waals surface area (Å²) in [4.78, 5) is 49.4. The highest BCUT2D eigenvalue weighted by molar-refractivity contribution is 5.78. The highest BCUT2D eigenvalue weighted by Gasteiger charge is 2.59. The standard InChI is InChI=1S/C39H65N3O29/c1-10-22(52)32(69-35-20(40-11(2)47)27(57)24(54)15(6-44)66-35)29(59)36(64-10)70-33-28(58)25(55)16(7-45)67-37(33)68-30-21(41-12(3)48)34(60)65-17(26(30)56)9-63-39(38(61)62)4-13(49)19(42-18(51)8-46)31(71-39)23(53)14(50)5-43/h10,13-17,19-37,43-46,49-50,52-60H,4-9H2,1-3H3,(H,40,47)(H,41,48)(H,42,51)(H,61,62)/t10-,13-,14+,15+,16+,17+,19+,20+,21+,22+,23+,24-,25-,26-,27+,28-,29-,30+,31+,32+,33+,34?,35+,36-,37-,39+/m0/s1. The topological polar surface area (TPSA) is 511 Å². The van der Waals surface area contributed by atoms with E-state index in [4.69, 9.17) is 42.6 Å². The molecule has 0 aliphatic carbocycles. The highest BCUT2D eigenvalue weighted by Crippen LogP contribution is 2.37. The number of hydrogen-bond acceptors (Lipinski definition) is 28. The summed E-state index contributed by atoms with van der Waals surface area (Å²) in [6, 6.07) is -5.09. The van der Waals surface area contributed by atoms with E-state index in [1.807, 2.05) is 0 Å². The lowest BCUT2D eigenvalue weighted by Crippen LogP contribution is -2.70. The van der Waals surface area contributed by atoms with Crippen molar-refractivity contribution in [1.82, 2.24) is 16.0 Å². The van der Waals surface area contributed by atoms with Crippen molar-refractivity contribution in [3.63, 3.8) is 0 Å². The minimum atomic E-state index is -3.04. The van der Waals surface area contributed by atoms with Crippen LogP contribution in [0.4, 0.5) is 0 Å². The Morgan fingerprint density at radius 3 is 1.75 bits per heavy atom. The molecule has 26 atom stereocenters. The number of aliphatic carboxylic acids is 1. The number of amides is 3. The molecule has 0 saturated carbocycles. The molecule has 5 aliphatic heterocycles. The van der Waals surface area contributed by atoms with Crippen LogP contribution in [0.5, 0.6) is 0 Å². The monoisotopic (exact) mass is 1040 g/mol. The second-order valence-corrected chi connectivity index (χ2v) is 17.6. The Balaban J connectivity index is 1.42. The fourth-order valence-corrected chi connectivity index (χ4v) is 8.74. The van der Waals surface area contributed by atoms with Crippen molar-refractivity contribution < 1.29 is 144 Å². The van der Waals surface area contributed by atoms with Gasteiger partial charge in [0.25, 0.3) is 5.79 Å². The Bertz CT molecular complexity index is 1780. The number of carbonyl (C=O) groups excluding carboxylic acids is 3. The SMILES string of the molecule is CC(=O)N[C@H]1[C@@H](O[C@H]2[C@H](O)[C@H](O[C@H]3[C@H](O[C@H]4[C@@H](O)[C@@H](CO[C@]5(C(=O)O)C[C@H](O)[C@@H](NC(=O)CO)[C@H]([C@H](O)[C@H](O)CO)O5)OC(O)[C@@H]4NC(C)=O)O[C@H](CO)[C@H](O)[C@@H]3O)O[C@@H](C)[C@H]2O)O[C@H](CO)[C@H](O)[C@@H]1O. The van der Waals surface area contributed by atoms with Gasteiger partial charge < -0.3 is 140 Å². The number of aliphatic hydroxyl groups excluding tert-OH is 15. The van der Waals surface area contributed by atoms with E-state index in [0.717, 1.165) is 13.8 Å². The van der Waals surface area contributed by atoms with Gasteiger partial charge in [0.15, 0.2) is 25.2 Å². The van der Waals surface area contributed by atoms with Gasteiger partial charge >= 0.3 is 5.97 Å². The molecule has 0 aromatic rings. The lowest BCUT2D eigenvalue weighted by Gasteiger charge is -2.50. The molecule has 5 aliphatic rings. The molecule has 0 bridgehead atoms. The maximum atomic E-state index is 12.8. The third-order valence-corrected chi connectivity index (χ3v) is 12.6. The zero-order valence-corrected chi connectivity index (χ0v) is 38.1. The number of ether oxygens (including phenoxy) is 9. The zero-order chi connectivity index (χ0) is 53.0. The number of carboxylic acid groups (broad SMARTS) is 1. The van der Waals surface area contributed by atoms with Gasteiger partial charge in [-0.15, -0.1) is 0 Å². The molecule has 5 rings (SSSR count). The minimum absolute atomic E-state index is 0.739. The van der Waals surface area contributed by atoms with Crippen LogP contribution in [0, 0.1) is 0 Å². The van der Waals surface area contributed by atoms with Crippen molar-refractivity contribution in [3.05, 3.63) is 0 Å². The van der Waals surface area contributed by atoms with Gasteiger partial charge in [-0.05, 0) is 6.92 Å². The number of rotatable bonds is 19. The van der Waals surface area contributed by atoms with Crippen LogP contribution >= 0.6 is 0 Å². The first-order valence-corrected chi connectivity index (χ1v) is 22.2. The Morgan fingerprint density at radius 2 is 1.18 bits per heavy atom. The van der Waals surface area contributed by atoms with Crippen LogP contribution in [0.2, 0.25) is 0 Å². The van der Waals surface area contributed by atoms with Gasteiger partial charge in [-0.25, -0.2) is 4.79 Å². The molecule has 0 spiro atoms. The van der Waals surface area contributed by atoms with Gasteiger partial charge in [-0.2, -0.15) is 0 Å². The van der Waals surface area contributed by atoms with Gasteiger partial charge in [0.2, 0.25) is 17.7 Å². The molecule has 3 amide bonds. The Labute approximate surface area is 402 Å². The normalized spacial score (nSPS) is 45.0.